The van der Waals surface area contributed by atoms with Crippen molar-refractivity contribution in [1.82, 2.24) is 14.1 Å². The third-order valence-electron chi connectivity index (χ3n) is 9.21. The molecule has 4 heteroatoms. The molecule has 10 rings (SSSR count). The number of pyridine rings is 1. The van der Waals surface area contributed by atoms with Crippen LogP contribution in [0, 0.1) is 0 Å². The Balaban J connectivity index is 1.22. The number of hydrogen-bond donors (Lipinski definition) is 0. The lowest BCUT2D eigenvalue weighted by atomic mass is 10.0. The highest BCUT2D eigenvalue weighted by Crippen LogP contribution is 2.40. The molecular weight excluding hydrogens is 567 g/mol. The van der Waals surface area contributed by atoms with Crippen molar-refractivity contribution >= 4 is 75.1 Å². The fourth-order valence-electron chi connectivity index (χ4n) is 7.18. The first-order valence-electron chi connectivity index (χ1n) is 15.2. The summed E-state index contributed by atoms with van der Waals surface area (Å²) < 4.78 is 7.36. The Bertz CT molecular complexity index is 2760. The summed E-state index contributed by atoms with van der Waals surface area (Å²) in [7, 11) is 0. The summed E-state index contributed by atoms with van der Waals surface area (Å²) in [5.74, 6) is 0. The average Bonchev–Trinajstić information content (AvgIpc) is 3.75. The molecule has 3 nitrogen and oxygen atoms in total. The maximum atomic E-state index is 4.43. The smallest absolute Gasteiger partial charge is 0.0547 e. The minimum atomic E-state index is 1.16. The molecule has 0 bridgehead atoms. The van der Waals surface area contributed by atoms with E-state index in [1.54, 1.807) is 0 Å². The maximum absolute atomic E-state index is 4.43. The molecule has 0 saturated heterocycles. The van der Waals surface area contributed by atoms with Crippen LogP contribution in [-0.2, 0) is 0 Å². The zero-order valence-corrected chi connectivity index (χ0v) is 25.0. The second-order valence-corrected chi connectivity index (χ2v) is 12.7. The van der Waals surface area contributed by atoms with E-state index in [1.807, 2.05) is 23.7 Å². The van der Waals surface area contributed by atoms with Crippen LogP contribution in [0.1, 0.15) is 0 Å². The molecule has 0 spiro atoms. The third kappa shape index (κ3) is 3.60. The predicted molar refractivity (Wildman–Crippen MR) is 191 cm³/mol. The quantitative estimate of drug-likeness (QED) is 0.200. The summed E-state index contributed by atoms with van der Waals surface area (Å²) in [4.78, 5) is 4.43. The van der Waals surface area contributed by atoms with Crippen molar-refractivity contribution in [2.24, 2.45) is 0 Å². The largest absolute Gasteiger partial charge is 0.309 e. The molecule has 0 amide bonds. The van der Waals surface area contributed by atoms with Gasteiger partial charge < -0.3 is 9.13 Å². The van der Waals surface area contributed by atoms with Crippen molar-refractivity contribution in [1.29, 1.82) is 0 Å². The van der Waals surface area contributed by atoms with E-state index < -0.39 is 0 Å². The number of hydrogen-bond acceptors (Lipinski definition) is 2. The van der Waals surface area contributed by atoms with Crippen molar-refractivity contribution in [3.8, 4) is 22.5 Å². The lowest BCUT2D eigenvalue weighted by Gasteiger charge is -2.11. The molecule has 0 aliphatic heterocycles. The first-order chi connectivity index (χ1) is 22.3. The van der Waals surface area contributed by atoms with Gasteiger partial charge in [-0.05, 0) is 71.8 Å². The second-order valence-electron chi connectivity index (χ2n) is 11.7. The van der Waals surface area contributed by atoms with Gasteiger partial charge in [0, 0.05) is 65.5 Å². The molecule has 0 aliphatic rings. The van der Waals surface area contributed by atoms with Gasteiger partial charge in [-0.1, -0.05) is 78.9 Å². The van der Waals surface area contributed by atoms with Crippen molar-refractivity contribution in [2.45, 2.75) is 0 Å². The monoisotopic (exact) mass is 591 g/mol. The van der Waals surface area contributed by atoms with Gasteiger partial charge in [0.2, 0.25) is 0 Å². The number of fused-ring (bicyclic) bond motifs is 9. The molecule has 4 heterocycles. The summed E-state index contributed by atoms with van der Waals surface area (Å²) in [5.41, 5.74) is 9.57. The number of nitrogens with zero attached hydrogens (tertiary/aromatic N) is 3. The molecule has 10 aromatic rings. The number of para-hydroxylation sites is 3. The number of rotatable bonds is 3. The van der Waals surface area contributed by atoms with Crippen LogP contribution in [0.15, 0.2) is 152 Å². The molecule has 0 aliphatic carbocycles. The summed E-state index contributed by atoms with van der Waals surface area (Å²) in [5, 5.41) is 7.51. The first kappa shape index (κ1) is 24.7. The minimum absolute atomic E-state index is 1.16. The van der Waals surface area contributed by atoms with E-state index in [2.05, 4.69) is 154 Å². The highest BCUT2D eigenvalue weighted by molar-refractivity contribution is 7.25. The van der Waals surface area contributed by atoms with Crippen LogP contribution in [-0.4, -0.2) is 14.1 Å². The summed E-state index contributed by atoms with van der Waals surface area (Å²) >= 11 is 1.83. The van der Waals surface area contributed by atoms with E-state index in [0.717, 1.165) is 5.69 Å². The van der Waals surface area contributed by atoms with Gasteiger partial charge in [0.25, 0.3) is 0 Å². The Kier molecular flexibility index (Phi) is 5.16. The Morgan fingerprint density at radius 1 is 0.400 bits per heavy atom. The highest BCUT2D eigenvalue weighted by atomic mass is 32.1. The van der Waals surface area contributed by atoms with Gasteiger partial charge in [-0.15, -0.1) is 11.3 Å². The molecule has 6 aromatic carbocycles. The molecule has 0 radical (unpaired) electrons. The fourth-order valence-corrected chi connectivity index (χ4v) is 8.23. The maximum Gasteiger partial charge on any atom is 0.0547 e. The van der Waals surface area contributed by atoms with Crippen LogP contribution in [0.5, 0.6) is 0 Å². The highest BCUT2D eigenvalue weighted by Gasteiger charge is 2.17. The Morgan fingerprint density at radius 3 is 1.67 bits per heavy atom. The molecule has 210 valence electrons. The van der Waals surface area contributed by atoms with Gasteiger partial charge in [0.15, 0.2) is 0 Å². The first-order valence-corrected chi connectivity index (χ1v) is 16.0. The van der Waals surface area contributed by atoms with Gasteiger partial charge in [-0.25, -0.2) is 0 Å². The summed E-state index contributed by atoms with van der Waals surface area (Å²) in [6.45, 7) is 0. The van der Waals surface area contributed by atoms with Crippen LogP contribution >= 0.6 is 11.3 Å². The van der Waals surface area contributed by atoms with Crippen molar-refractivity contribution in [3.05, 3.63) is 152 Å². The zero-order valence-electron chi connectivity index (χ0n) is 24.2. The van der Waals surface area contributed by atoms with E-state index in [0.29, 0.717) is 0 Å². The number of thiophene rings is 1. The van der Waals surface area contributed by atoms with E-state index >= 15 is 0 Å². The van der Waals surface area contributed by atoms with Crippen LogP contribution in [0.2, 0.25) is 0 Å². The van der Waals surface area contributed by atoms with E-state index in [-0.39, 0.29) is 0 Å². The molecule has 0 N–H and O–H groups in total. The number of aromatic nitrogens is 3. The van der Waals surface area contributed by atoms with Crippen LogP contribution in [0.4, 0.5) is 0 Å². The van der Waals surface area contributed by atoms with Crippen LogP contribution < -0.4 is 0 Å². The zero-order chi connectivity index (χ0) is 29.5. The SMILES string of the molecule is c1ccc(-n2c3ccccc3c3ccc(-c4ccc5c6ccccc6n(-c6ccc7sc8ccncc8c7c6)c5c4)cc32)cc1. The van der Waals surface area contributed by atoms with Crippen molar-refractivity contribution in [3.63, 3.8) is 0 Å². The normalized spacial score (nSPS) is 12.0. The van der Waals surface area contributed by atoms with Gasteiger partial charge in [0.05, 0.1) is 22.1 Å². The molecule has 4 aromatic heterocycles. The van der Waals surface area contributed by atoms with Crippen LogP contribution in [0.3, 0.4) is 0 Å². The molecule has 0 unspecified atom stereocenters. The van der Waals surface area contributed by atoms with Gasteiger partial charge >= 0.3 is 0 Å². The van der Waals surface area contributed by atoms with E-state index in [9.17, 15) is 0 Å². The molecule has 0 fully saturated rings. The van der Waals surface area contributed by atoms with Gasteiger partial charge in [-0.2, -0.15) is 0 Å². The predicted octanol–water partition coefficient (Wildman–Crippen LogP) is 11.3. The Hall–Kier alpha value is -5.71. The molecule has 0 saturated carbocycles. The fraction of sp³-hybridized carbons (Fsp3) is 0. The molecular formula is C41H25N3S. The summed E-state index contributed by atoms with van der Waals surface area (Å²) in [6, 6.07) is 50.9. The third-order valence-corrected chi connectivity index (χ3v) is 10.4. The van der Waals surface area contributed by atoms with E-state index in [4.69, 9.17) is 0 Å². The number of benzene rings is 6. The lowest BCUT2D eigenvalue weighted by Crippen LogP contribution is -1.94. The Labute approximate surface area is 262 Å². The standard InChI is InChI=1S/C41H25N3S/c1-2-8-28(9-3-1)43-36-12-6-4-10-30(36)32-17-14-26(22-38(32)43)27-15-18-33-31-11-5-7-13-37(31)44(39(33)23-27)29-16-19-40-34(24-29)35-25-42-21-20-41(35)45-40/h1-25H. The summed E-state index contributed by atoms with van der Waals surface area (Å²) in [6.07, 6.45) is 3.87. The second kappa shape index (κ2) is 9.39. The van der Waals surface area contributed by atoms with Gasteiger partial charge in [-0.3, -0.25) is 4.98 Å². The topological polar surface area (TPSA) is 22.8 Å². The average molecular weight is 592 g/mol. The minimum Gasteiger partial charge on any atom is -0.309 e. The van der Waals surface area contributed by atoms with Crippen molar-refractivity contribution in [2.75, 3.05) is 0 Å². The molecule has 0 atom stereocenters. The molecule has 45 heavy (non-hydrogen) atoms. The van der Waals surface area contributed by atoms with Gasteiger partial charge in [0.1, 0.15) is 0 Å². The van der Waals surface area contributed by atoms with Crippen molar-refractivity contribution < 1.29 is 0 Å². The van der Waals surface area contributed by atoms with Crippen LogP contribution in [0.25, 0.3) is 86.3 Å². The van der Waals surface area contributed by atoms with E-state index in [1.165, 1.54) is 80.6 Å². The Morgan fingerprint density at radius 2 is 0.978 bits per heavy atom. The lowest BCUT2D eigenvalue weighted by molar-refractivity contribution is 1.18.